The lowest BCUT2D eigenvalue weighted by Crippen LogP contribution is -2.26. The van der Waals surface area contributed by atoms with Gasteiger partial charge in [-0.05, 0) is 12.5 Å². The summed E-state index contributed by atoms with van der Waals surface area (Å²) in [6.45, 7) is 2.87. The van der Waals surface area contributed by atoms with Crippen LogP contribution in [0.4, 0.5) is 5.69 Å². The molecule has 124 valence electrons. The molecule has 0 atom stereocenters. The number of nitro groups is 1. The molecule has 8 heteroatoms. The number of benzene rings is 1. The zero-order valence-electron chi connectivity index (χ0n) is 12.9. The monoisotopic (exact) mass is 353 g/mol. The lowest BCUT2D eigenvalue weighted by molar-refractivity contribution is -0.384. The molecular formula is C15H19N3O3S2. The van der Waals surface area contributed by atoms with Gasteiger partial charge >= 0.3 is 0 Å². The van der Waals surface area contributed by atoms with Crippen LogP contribution in [0.15, 0.2) is 22.5 Å². The second-order valence-corrected chi connectivity index (χ2v) is 7.34. The molecule has 0 fully saturated rings. The third kappa shape index (κ3) is 5.47. The van der Waals surface area contributed by atoms with Crippen molar-refractivity contribution in [3.8, 4) is 0 Å². The van der Waals surface area contributed by atoms with Crippen molar-refractivity contribution in [2.24, 2.45) is 0 Å². The van der Waals surface area contributed by atoms with Gasteiger partial charge in [0.15, 0.2) is 4.34 Å². The molecular weight excluding hydrogens is 334 g/mol. The van der Waals surface area contributed by atoms with Crippen LogP contribution in [-0.4, -0.2) is 28.1 Å². The van der Waals surface area contributed by atoms with Gasteiger partial charge in [-0.15, -0.1) is 11.3 Å². The molecule has 0 radical (unpaired) electrons. The number of non-ortho nitro benzene ring substituents is 1. The van der Waals surface area contributed by atoms with Crippen LogP contribution in [0.3, 0.4) is 0 Å². The number of hydrogen-bond donors (Lipinski definition) is 1. The Bertz CT molecular complexity index is 688. The number of amides is 1. The normalized spacial score (nSPS) is 10.8. The van der Waals surface area contributed by atoms with E-state index in [4.69, 9.17) is 0 Å². The molecule has 1 amide bonds. The Morgan fingerprint density at radius 3 is 2.96 bits per heavy atom. The summed E-state index contributed by atoms with van der Waals surface area (Å²) in [7, 11) is 0. The van der Waals surface area contributed by atoms with Gasteiger partial charge in [0.1, 0.15) is 0 Å². The molecule has 2 rings (SSSR count). The van der Waals surface area contributed by atoms with Crippen molar-refractivity contribution in [3.05, 3.63) is 28.3 Å². The van der Waals surface area contributed by atoms with E-state index in [0.717, 1.165) is 27.4 Å². The van der Waals surface area contributed by atoms with Crippen LogP contribution in [0.2, 0.25) is 0 Å². The third-order valence-corrected chi connectivity index (χ3v) is 5.40. The maximum atomic E-state index is 11.8. The minimum absolute atomic E-state index is 0.00302. The van der Waals surface area contributed by atoms with Gasteiger partial charge in [-0.1, -0.05) is 37.9 Å². The van der Waals surface area contributed by atoms with Crippen LogP contribution >= 0.6 is 23.1 Å². The number of thioether (sulfide) groups is 1. The van der Waals surface area contributed by atoms with Crippen molar-refractivity contribution >= 4 is 44.9 Å². The van der Waals surface area contributed by atoms with Crippen molar-refractivity contribution < 1.29 is 9.72 Å². The molecule has 0 bridgehead atoms. The maximum Gasteiger partial charge on any atom is 0.270 e. The van der Waals surface area contributed by atoms with Crippen LogP contribution in [-0.2, 0) is 4.79 Å². The van der Waals surface area contributed by atoms with E-state index in [1.807, 2.05) is 0 Å². The first-order chi connectivity index (χ1) is 11.1. The molecule has 0 unspecified atom stereocenters. The molecule has 0 aliphatic rings. The van der Waals surface area contributed by atoms with Crippen molar-refractivity contribution in [1.29, 1.82) is 0 Å². The van der Waals surface area contributed by atoms with Crippen LogP contribution in [0.1, 0.15) is 32.6 Å². The number of rotatable bonds is 9. The fraction of sp³-hybridized carbons (Fsp3) is 0.467. The Morgan fingerprint density at radius 2 is 2.22 bits per heavy atom. The minimum atomic E-state index is -0.419. The van der Waals surface area contributed by atoms with Crippen LogP contribution in [0, 0.1) is 10.1 Å². The SMILES string of the molecule is CCCCCCNC(=O)CSc1nc2ccc([N+](=O)[O-])cc2s1. The van der Waals surface area contributed by atoms with E-state index in [1.54, 1.807) is 6.07 Å². The van der Waals surface area contributed by atoms with E-state index in [0.29, 0.717) is 12.3 Å². The van der Waals surface area contributed by atoms with Gasteiger partial charge in [-0.25, -0.2) is 4.98 Å². The van der Waals surface area contributed by atoms with E-state index < -0.39 is 4.92 Å². The first-order valence-electron chi connectivity index (χ1n) is 7.54. The zero-order valence-corrected chi connectivity index (χ0v) is 14.5. The molecule has 6 nitrogen and oxygen atoms in total. The smallest absolute Gasteiger partial charge is 0.270 e. The lowest BCUT2D eigenvalue weighted by Gasteiger charge is -2.03. The highest BCUT2D eigenvalue weighted by atomic mass is 32.2. The number of unbranched alkanes of at least 4 members (excludes halogenated alkanes) is 3. The number of fused-ring (bicyclic) bond motifs is 1. The Balaban J connectivity index is 1.82. The van der Waals surface area contributed by atoms with E-state index in [-0.39, 0.29) is 11.6 Å². The highest BCUT2D eigenvalue weighted by molar-refractivity contribution is 8.01. The Kier molecular flexibility index (Phi) is 6.79. The molecule has 0 saturated carbocycles. The zero-order chi connectivity index (χ0) is 16.7. The van der Waals surface area contributed by atoms with Gasteiger partial charge in [0.05, 0.1) is 20.9 Å². The van der Waals surface area contributed by atoms with Gasteiger partial charge in [0, 0.05) is 18.7 Å². The van der Waals surface area contributed by atoms with E-state index in [9.17, 15) is 14.9 Å². The summed E-state index contributed by atoms with van der Waals surface area (Å²) in [5, 5.41) is 13.7. The summed E-state index contributed by atoms with van der Waals surface area (Å²) in [6.07, 6.45) is 4.53. The summed E-state index contributed by atoms with van der Waals surface area (Å²) in [4.78, 5) is 26.5. The standard InChI is InChI=1S/C15H19N3O3S2/c1-2-3-4-5-8-16-14(19)10-22-15-17-12-7-6-11(18(20)21)9-13(12)23-15/h6-7,9H,2-5,8,10H2,1H3,(H,16,19). The number of carbonyl (C=O) groups excluding carboxylic acids is 1. The summed E-state index contributed by atoms with van der Waals surface area (Å²) in [5.41, 5.74) is 0.783. The summed E-state index contributed by atoms with van der Waals surface area (Å²) in [6, 6.07) is 4.60. The number of nitro benzene ring substituents is 1. The van der Waals surface area contributed by atoms with Gasteiger partial charge < -0.3 is 5.32 Å². The molecule has 1 N–H and O–H groups in total. The minimum Gasteiger partial charge on any atom is -0.355 e. The van der Waals surface area contributed by atoms with Crippen molar-refractivity contribution in [1.82, 2.24) is 10.3 Å². The average molecular weight is 353 g/mol. The van der Waals surface area contributed by atoms with Crippen LogP contribution in [0.5, 0.6) is 0 Å². The third-order valence-electron chi connectivity index (χ3n) is 3.24. The van der Waals surface area contributed by atoms with Gasteiger partial charge in [-0.2, -0.15) is 0 Å². The number of hydrogen-bond acceptors (Lipinski definition) is 6. The number of aromatic nitrogens is 1. The number of nitrogens with zero attached hydrogens (tertiary/aromatic N) is 2. The Hall–Kier alpha value is -1.67. The van der Waals surface area contributed by atoms with Crippen molar-refractivity contribution in [2.45, 2.75) is 36.9 Å². The predicted molar refractivity (Wildman–Crippen MR) is 94.2 cm³/mol. The Morgan fingerprint density at radius 1 is 1.39 bits per heavy atom. The molecule has 0 spiro atoms. The van der Waals surface area contributed by atoms with Gasteiger partial charge in [0.25, 0.3) is 5.69 Å². The average Bonchev–Trinajstić information content (AvgIpc) is 2.94. The molecule has 23 heavy (non-hydrogen) atoms. The molecule has 0 aliphatic carbocycles. The summed E-state index contributed by atoms with van der Waals surface area (Å²) in [5.74, 6) is 0.312. The first kappa shape index (κ1) is 17.7. The molecule has 1 aromatic carbocycles. The lowest BCUT2D eigenvalue weighted by atomic mass is 10.2. The molecule has 1 heterocycles. The molecule has 0 aliphatic heterocycles. The topological polar surface area (TPSA) is 85.1 Å². The largest absolute Gasteiger partial charge is 0.355 e. The van der Waals surface area contributed by atoms with Crippen molar-refractivity contribution in [3.63, 3.8) is 0 Å². The molecule has 1 aromatic heterocycles. The first-order valence-corrected chi connectivity index (χ1v) is 9.35. The number of nitrogens with one attached hydrogen (secondary N) is 1. The van der Waals surface area contributed by atoms with E-state index in [1.165, 1.54) is 48.1 Å². The van der Waals surface area contributed by atoms with E-state index in [2.05, 4.69) is 17.2 Å². The van der Waals surface area contributed by atoms with Crippen LogP contribution in [0.25, 0.3) is 10.2 Å². The highest BCUT2D eigenvalue weighted by Crippen LogP contribution is 2.31. The number of carbonyl (C=O) groups is 1. The second kappa shape index (κ2) is 8.83. The predicted octanol–water partition coefficient (Wildman–Crippen LogP) is 3.99. The fourth-order valence-corrected chi connectivity index (χ4v) is 3.96. The maximum absolute atomic E-state index is 11.8. The van der Waals surface area contributed by atoms with E-state index >= 15 is 0 Å². The van der Waals surface area contributed by atoms with Crippen molar-refractivity contribution in [2.75, 3.05) is 12.3 Å². The van der Waals surface area contributed by atoms with Crippen LogP contribution < -0.4 is 5.32 Å². The molecule has 2 aromatic rings. The molecule has 0 saturated heterocycles. The second-order valence-electron chi connectivity index (χ2n) is 5.09. The fourth-order valence-electron chi connectivity index (χ4n) is 2.03. The quantitative estimate of drug-likeness (QED) is 0.319. The Labute approximate surface area is 142 Å². The van der Waals surface area contributed by atoms with Gasteiger partial charge in [0.2, 0.25) is 5.91 Å². The summed E-state index contributed by atoms with van der Waals surface area (Å²) < 4.78 is 1.52. The highest BCUT2D eigenvalue weighted by Gasteiger charge is 2.11. The summed E-state index contributed by atoms with van der Waals surface area (Å²) >= 11 is 2.74. The number of thiazole rings is 1. The van der Waals surface area contributed by atoms with Gasteiger partial charge in [-0.3, -0.25) is 14.9 Å².